The Balaban J connectivity index is 1.77. The van der Waals surface area contributed by atoms with Crippen LogP contribution in [0.5, 0.6) is 0 Å². The molecule has 5 atom stereocenters. The second-order valence-corrected chi connectivity index (χ2v) is 11.1. The van der Waals surface area contributed by atoms with Gasteiger partial charge in [-0.3, -0.25) is 4.79 Å². The molecule has 1 N–H and O–H groups in total. The van der Waals surface area contributed by atoms with Crippen molar-refractivity contribution in [2.45, 2.75) is 63.8 Å². The first-order valence-corrected chi connectivity index (χ1v) is 13.5. The molecule has 1 saturated heterocycles. The topological polar surface area (TPSA) is 74.2 Å². The summed E-state index contributed by atoms with van der Waals surface area (Å²) in [6, 6.07) is 30.4. The largest absolute Gasteiger partial charge is 0.469 e. The van der Waals surface area contributed by atoms with Crippen molar-refractivity contribution in [2.24, 2.45) is 11.8 Å². The zero-order valence-electron chi connectivity index (χ0n) is 23.7. The van der Waals surface area contributed by atoms with Crippen LogP contribution in [0.4, 0.5) is 0 Å². The third-order valence-electron chi connectivity index (χ3n) is 7.71. The molecule has 0 aliphatic carbocycles. The predicted octanol–water partition coefficient (Wildman–Crippen LogP) is 5.71. The van der Waals surface area contributed by atoms with Gasteiger partial charge in [0.15, 0.2) is 5.79 Å². The van der Waals surface area contributed by atoms with E-state index in [1.807, 2.05) is 82.3 Å². The summed E-state index contributed by atoms with van der Waals surface area (Å²) in [7, 11) is 1.32. The highest BCUT2D eigenvalue weighted by Gasteiger charge is 2.55. The quantitative estimate of drug-likeness (QED) is 0.266. The minimum Gasteiger partial charge on any atom is -0.469 e. The average molecular weight is 533 g/mol. The highest BCUT2D eigenvalue weighted by molar-refractivity contribution is 5.72. The van der Waals surface area contributed by atoms with Crippen LogP contribution in [-0.4, -0.2) is 48.4 Å². The van der Waals surface area contributed by atoms with E-state index < -0.39 is 47.0 Å². The lowest BCUT2D eigenvalue weighted by molar-refractivity contribution is -0.177. The molecule has 5 unspecified atom stereocenters. The van der Waals surface area contributed by atoms with Gasteiger partial charge in [0, 0.05) is 5.92 Å². The fourth-order valence-corrected chi connectivity index (χ4v) is 5.83. The van der Waals surface area contributed by atoms with Gasteiger partial charge in [-0.05, 0) is 44.4 Å². The highest BCUT2D eigenvalue weighted by atomic mass is 16.8. The molecule has 6 nitrogen and oxygen atoms in total. The molecule has 0 spiro atoms. The molecule has 3 aromatic carbocycles. The number of methoxy groups -OCH3 is 1. The molecule has 0 radical (unpaired) electrons. The number of rotatable bonds is 10. The van der Waals surface area contributed by atoms with Gasteiger partial charge in [0.25, 0.3) is 0 Å². The monoisotopic (exact) mass is 532 g/mol. The van der Waals surface area contributed by atoms with E-state index in [-0.39, 0.29) is 6.61 Å². The summed E-state index contributed by atoms with van der Waals surface area (Å²) in [5.74, 6) is -2.56. The lowest BCUT2D eigenvalue weighted by Crippen LogP contribution is -2.51. The van der Waals surface area contributed by atoms with Gasteiger partial charge in [0.2, 0.25) is 0 Å². The molecule has 0 amide bonds. The van der Waals surface area contributed by atoms with Crippen LogP contribution in [0.2, 0.25) is 0 Å². The van der Waals surface area contributed by atoms with Crippen molar-refractivity contribution in [3.8, 4) is 0 Å². The molecule has 0 saturated carbocycles. The van der Waals surface area contributed by atoms with Crippen molar-refractivity contribution in [2.75, 3.05) is 13.7 Å². The smallest absolute Gasteiger partial charge is 0.311 e. The molecule has 3 aromatic rings. The molecule has 208 valence electrons. The van der Waals surface area contributed by atoms with Gasteiger partial charge < -0.3 is 24.1 Å². The SMILES string of the molecule is COC(=O)C(C)C(O)C(C)C1OC(C)(C)OC1(C)COC(c1ccccc1)(c1ccccc1)c1ccccc1. The van der Waals surface area contributed by atoms with E-state index in [1.165, 1.54) is 7.11 Å². The van der Waals surface area contributed by atoms with Crippen LogP contribution < -0.4 is 0 Å². The van der Waals surface area contributed by atoms with E-state index >= 15 is 0 Å². The summed E-state index contributed by atoms with van der Waals surface area (Å²) in [5, 5.41) is 11.1. The summed E-state index contributed by atoms with van der Waals surface area (Å²) < 4.78 is 24.9. The first-order chi connectivity index (χ1) is 18.5. The van der Waals surface area contributed by atoms with Gasteiger partial charge in [-0.25, -0.2) is 0 Å². The van der Waals surface area contributed by atoms with Crippen LogP contribution in [0.15, 0.2) is 91.0 Å². The van der Waals surface area contributed by atoms with Crippen LogP contribution in [0.25, 0.3) is 0 Å². The zero-order valence-corrected chi connectivity index (χ0v) is 23.7. The molecule has 39 heavy (non-hydrogen) atoms. The van der Waals surface area contributed by atoms with Gasteiger partial charge in [-0.15, -0.1) is 0 Å². The number of hydrogen-bond donors (Lipinski definition) is 1. The zero-order chi connectivity index (χ0) is 28.3. The molecule has 1 heterocycles. The Morgan fingerprint density at radius 1 is 0.872 bits per heavy atom. The van der Waals surface area contributed by atoms with E-state index in [1.54, 1.807) is 6.92 Å². The van der Waals surface area contributed by atoms with E-state index in [0.29, 0.717) is 0 Å². The third kappa shape index (κ3) is 5.80. The average Bonchev–Trinajstić information content (AvgIpc) is 3.21. The minimum atomic E-state index is -0.999. The summed E-state index contributed by atoms with van der Waals surface area (Å²) in [4.78, 5) is 12.2. The number of aliphatic hydroxyl groups excluding tert-OH is 1. The van der Waals surface area contributed by atoms with Gasteiger partial charge >= 0.3 is 5.97 Å². The molecule has 0 aromatic heterocycles. The van der Waals surface area contributed by atoms with Crippen molar-refractivity contribution in [1.82, 2.24) is 0 Å². The number of carbonyl (C=O) groups is 1. The fraction of sp³-hybridized carbons (Fsp3) is 0.424. The lowest BCUT2D eigenvalue weighted by Gasteiger charge is -2.41. The Kier molecular flexibility index (Phi) is 8.62. The van der Waals surface area contributed by atoms with Crippen LogP contribution in [0.1, 0.15) is 51.3 Å². The van der Waals surface area contributed by atoms with Crippen molar-refractivity contribution < 1.29 is 28.8 Å². The Bertz CT molecular complexity index is 1120. The second kappa shape index (κ2) is 11.6. The maximum atomic E-state index is 12.2. The van der Waals surface area contributed by atoms with Crippen molar-refractivity contribution in [3.05, 3.63) is 108 Å². The minimum absolute atomic E-state index is 0.156. The number of hydrogen-bond acceptors (Lipinski definition) is 6. The van der Waals surface area contributed by atoms with Gasteiger partial charge in [0.05, 0.1) is 31.8 Å². The predicted molar refractivity (Wildman–Crippen MR) is 150 cm³/mol. The molecule has 1 aliphatic heterocycles. The summed E-state index contributed by atoms with van der Waals surface area (Å²) in [5.41, 5.74) is 1.06. The number of esters is 1. The fourth-order valence-electron chi connectivity index (χ4n) is 5.83. The van der Waals surface area contributed by atoms with E-state index in [9.17, 15) is 9.90 Å². The highest BCUT2D eigenvalue weighted by Crippen LogP contribution is 2.46. The number of aliphatic hydroxyl groups is 1. The normalized spacial score (nSPS) is 23.1. The first-order valence-electron chi connectivity index (χ1n) is 13.5. The van der Waals surface area contributed by atoms with Crippen molar-refractivity contribution in [1.29, 1.82) is 0 Å². The molecule has 0 bridgehead atoms. The van der Waals surface area contributed by atoms with Crippen LogP contribution >= 0.6 is 0 Å². The standard InChI is InChI=1S/C33H40O6/c1-23(28(34)24(2)30(35)36-6)29-32(5,39-31(3,4)38-29)22-37-33(25-16-10-7-11-17-25,26-18-12-8-13-19-26)27-20-14-9-15-21-27/h7-21,23-24,28-29,34H,22H2,1-6H3. The maximum Gasteiger partial charge on any atom is 0.311 e. The Labute approximate surface area is 231 Å². The molecular weight excluding hydrogens is 492 g/mol. The van der Waals surface area contributed by atoms with Crippen LogP contribution in [0, 0.1) is 11.8 Å². The van der Waals surface area contributed by atoms with Crippen molar-refractivity contribution >= 4 is 5.97 Å². The third-order valence-corrected chi connectivity index (χ3v) is 7.71. The van der Waals surface area contributed by atoms with E-state index in [2.05, 4.69) is 36.4 Å². The molecule has 1 fully saturated rings. The molecule has 6 heteroatoms. The Morgan fingerprint density at radius 2 is 1.31 bits per heavy atom. The summed E-state index contributed by atoms with van der Waals surface area (Å²) in [6.45, 7) is 9.34. The Hall–Kier alpha value is -3.03. The van der Waals surface area contributed by atoms with Crippen LogP contribution in [0.3, 0.4) is 0 Å². The van der Waals surface area contributed by atoms with Crippen molar-refractivity contribution in [3.63, 3.8) is 0 Å². The molecule has 1 aliphatic rings. The van der Waals surface area contributed by atoms with E-state index in [4.69, 9.17) is 18.9 Å². The van der Waals surface area contributed by atoms with Gasteiger partial charge in [-0.1, -0.05) is 97.9 Å². The molecule has 4 rings (SSSR count). The van der Waals surface area contributed by atoms with Crippen LogP contribution in [-0.2, 0) is 29.3 Å². The Morgan fingerprint density at radius 3 is 1.72 bits per heavy atom. The van der Waals surface area contributed by atoms with Gasteiger partial charge in [0.1, 0.15) is 11.2 Å². The number of benzene rings is 3. The van der Waals surface area contributed by atoms with E-state index in [0.717, 1.165) is 16.7 Å². The second-order valence-electron chi connectivity index (χ2n) is 11.1. The first kappa shape index (κ1) is 29.0. The number of ether oxygens (including phenoxy) is 4. The van der Waals surface area contributed by atoms with Gasteiger partial charge in [-0.2, -0.15) is 0 Å². The molecular formula is C33H40O6. The number of carbonyl (C=O) groups excluding carboxylic acids is 1. The summed E-state index contributed by atoms with van der Waals surface area (Å²) in [6.07, 6.45) is -1.56. The summed E-state index contributed by atoms with van der Waals surface area (Å²) >= 11 is 0. The lowest BCUT2D eigenvalue weighted by atomic mass is 9.79. The maximum absolute atomic E-state index is 12.2.